The number of ketones is 1. The number of benzene rings is 2. The molecule has 0 aliphatic carbocycles. The molecule has 0 amide bonds. The molecule has 5 heteroatoms. The molecule has 0 aromatic heterocycles. The number of nitrogens with zero attached hydrogens (tertiary/aromatic N) is 1. The SMILES string of the molecule is Br.CCCC1C(=N)N(CC(=O)c2cc(C(C)(C)C)c(O)c(C(C)(C)C)c2)CC1c1ccccc1. The Bertz CT molecular complexity index is 984. The van der Waals surface area contributed by atoms with Crippen LogP contribution in [0, 0.1) is 11.3 Å². The third kappa shape index (κ3) is 5.91. The zero-order chi connectivity index (χ0) is 24.6. The lowest BCUT2D eigenvalue weighted by molar-refractivity contribution is 0.0964. The number of Topliss-reactive ketones (excluding diaryl/α,β-unsaturated/α-hetero) is 1. The number of likely N-dealkylation sites (tertiary alicyclic amines) is 1. The summed E-state index contributed by atoms with van der Waals surface area (Å²) >= 11 is 0. The van der Waals surface area contributed by atoms with E-state index in [9.17, 15) is 9.90 Å². The highest BCUT2D eigenvalue weighted by Gasteiger charge is 2.38. The summed E-state index contributed by atoms with van der Waals surface area (Å²) in [5.41, 5.74) is 2.87. The maximum absolute atomic E-state index is 13.5. The van der Waals surface area contributed by atoms with Crippen molar-refractivity contribution in [1.29, 1.82) is 5.41 Å². The topological polar surface area (TPSA) is 64.4 Å². The van der Waals surface area contributed by atoms with Crippen LogP contribution in [0.2, 0.25) is 0 Å². The van der Waals surface area contributed by atoms with Crippen molar-refractivity contribution >= 4 is 28.6 Å². The van der Waals surface area contributed by atoms with Crippen molar-refractivity contribution in [2.24, 2.45) is 5.92 Å². The Morgan fingerprint density at radius 1 is 1.03 bits per heavy atom. The smallest absolute Gasteiger partial charge is 0.182 e. The molecule has 1 saturated heterocycles. The first-order valence-electron chi connectivity index (χ1n) is 12.1. The number of rotatable bonds is 6. The predicted octanol–water partition coefficient (Wildman–Crippen LogP) is 7.24. The van der Waals surface area contributed by atoms with Gasteiger partial charge in [0.05, 0.1) is 6.54 Å². The predicted molar refractivity (Wildman–Crippen MR) is 147 cm³/mol. The fourth-order valence-corrected chi connectivity index (χ4v) is 4.93. The number of aromatic hydroxyl groups is 1. The van der Waals surface area contributed by atoms with Crippen LogP contribution in [0.3, 0.4) is 0 Å². The number of nitrogens with one attached hydrogen (secondary N) is 1. The lowest BCUT2D eigenvalue weighted by Gasteiger charge is -2.28. The molecular formula is C29H41BrN2O2. The van der Waals surface area contributed by atoms with Gasteiger partial charge in [0, 0.05) is 35.1 Å². The van der Waals surface area contributed by atoms with E-state index in [1.165, 1.54) is 5.56 Å². The molecule has 1 aliphatic heterocycles. The zero-order valence-corrected chi connectivity index (χ0v) is 23.4. The van der Waals surface area contributed by atoms with E-state index in [1.807, 2.05) is 35.2 Å². The Balaban J connectivity index is 0.00000408. The molecule has 2 aromatic carbocycles. The molecule has 1 fully saturated rings. The molecule has 34 heavy (non-hydrogen) atoms. The molecule has 186 valence electrons. The van der Waals surface area contributed by atoms with Crippen LogP contribution in [0.5, 0.6) is 5.75 Å². The largest absolute Gasteiger partial charge is 0.507 e. The Hall–Kier alpha value is -2.14. The van der Waals surface area contributed by atoms with Gasteiger partial charge in [-0.15, -0.1) is 17.0 Å². The van der Waals surface area contributed by atoms with Crippen molar-refractivity contribution in [2.45, 2.75) is 78.1 Å². The van der Waals surface area contributed by atoms with Gasteiger partial charge >= 0.3 is 0 Å². The van der Waals surface area contributed by atoms with Crippen LogP contribution < -0.4 is 0 Å². The minimum absolute atomic E-state index is 0. The number of hydrogen-bond acceptors (Lipinski definition) is 3. The van der Waals surface area contributed by atoms with Crippen molar-refractivity contribution in [1.82, 2.24) is 4.90 Å². The first-order chi connectivity index (χ1) is 15.3. The summed E-state index contributed by atoms with van der Waals surface area (Å²) in [6, 6.07) is 14.1. The van der Waals surface area contributed by atoms with Crippen LogP contribution in [0.1, 0.15) is 94.3 Å². The fourth-order valence-electron chi connectivity index (χ4n) is 4.93. The Kier molecular flexibility index (Phi) is 8.79. The Labute approximate surface area is 216 Å². The zero-order valence-electron chi connectivity index (χ0n) is 21.7. The van der Waals surface area contributed by atoms with Gasteiger partial charge in [0.15, 0.2) is 5.78 Å². The third-order valence-corrected chi connectivity index (χ3v) is 6.80. The van der Waals surface area contributed by atoms with Gasteiger partial charge in [-0.1, -0.05) is 85.2 Å². The Morgan fingerprint density at radius 2 is 1.56 bits per heavy atom. The van der Waals surface area contributed by atoms with Gasteiger partial charge in [-0.2, -0.15) is 0 Å². The monoisotopic (exact) mass is 528 g/mol. The standard InChI is InChI=1S/C29H40N2O2.BrH/c1-8-12-21-22(19-13-10-9-11-14-19)17-31(27(21)30)18-25(32)20-15-23(28(2,3)4)26(33)24(16-20)29(5,6)7;/h9-11,13-16,21-22,30,33H,8,12,17-18H2,1-7H3;1H. The normalized spacial score (nSPS) is 18.7. The highest BCUT2D eigenvalue weighted by molar-refractivity contribution is 8.93. The molecular weight excluding hydrogens is 488 g/mol. The highest BCUT2D eigenvalue weighted by Crippen LogP contribution is 2.40. The molecule has 1 aliphatic rings. The van der Waals surface area contributed by atoms with E-state index in [0.29, 0.717) is 17.9 Å². The molecule has 1 heterocycles. The lowest BCUT2D eigenvalue weighted by atomic mass is 9.78. The van der Waals surface area contributed by atoms with E-state index in [1.54, 1.807) is 0 Å². The second-order valence-electron chi connectivity index (χ2n) is 11.5. The molecule has 2 unspecified atom stereocenters. The van der Waals surface area contributed by atoms with Crippen LogP contribution in [-0.2, 0) is 10.8 Å². The van der Waals surface area contributed by atoms with E-state index >= 15 is 0 Å². The number of carbonyl (C=O) groups excluding carboxylic acids is 1. The number of phenols is 1. The number of carbonyl (C=O) groups is 1. The molecule has 0 saturated carbocycles. The fraction of sp³-hybridized carbons (Fsp3) is 0.517. The van der Waals surface area contributed by atoms with E-state index in [4.69, 9.17) is 5.41 Å². The maximum Gasteiger partial charge on any atom is 0.182 e. The Morgan fingerprint density at radius 3 is 2.03 bits per heavy atom. The van der Waals surface area contributed by atoms with Gasteiger partial charge in [0.2, 0.25) is 0 Å². The summed E-state index contributed by atoms with van der Waals surface area (Å²) in [6.07, 6.45) is 1.96. The quantitative estimate of drug-likeness (QED) is 0.388. The van der Waals surface area contributed by atoms with Gasteiger partial charge in [-0.25, -0.2) is 0 Å². The molecule has 4 nitrogen and oxygen atoms in total. The van der Waals surface area contributed by atoms with Crippen molar-refractivity contribution < 1.29 is 9.90 Å². The molecule has 0 spiro atoms. The molecule has 3 rings (SSSR count). The van der Waals surface area contributed by atoms with Crippen LogP contribution in [0.4, 0.5) is 0 Å². The van der Waals surface area contributed by atoms with Crippen molar-refractivity contribution in [3.8, 4) is 5.75 Å². The summed E-state index contributed by atoms with van der Waals surface area (Å²) in [6.45, 7) is 15.4. The molecule has 2 aromatic rings. The van der Waals surface area contributed by atoms with Crippen molar-refractivity contribution in [3.63, 3.8) is 0 Å². The average molecular weight is 530 g/mol. The van der Waals surface area contributed by atoms with Crippen LogP contribution in [-0.4, -0.2) is 34.7 Å². The molecule has 0 radical (unpaired) electrons. The maximum atomic E-state index is 13.5. The van der Waals surface area contributed by atoms with Crippen LogP contribution in [0.25, 0.3) is 0 Å². The van der Waals surface area contributed by atoms with E-state index in [-0.39, 0.29) is 57.7 Å². The average Bonchev–Trinajstić information content (AvgIpc) is 3.03. The molecule has 2 atom stereocenters. The second kappa shape index (κ2) is 10.6. The summed E-state index contributed by atoms with van der Waals surface area (Å²) in [7, 11) is 0. The highest BCUT2D eigenvalue weighted by atomic mass is 79.9. The van der Waals surface area contributed by atoms with E-state index in [0.717, 1.165) is 24.0 Å². The van der Waals surface area contributed by atoms with Crippen LogP contribution in [0.15, 0.2) is 42.5 Å². The van der Waals surface area contributed by atoms with Gasteiger partial charge in [0.25, 0.3) is 0 Å². The summed E-state index contributed by atoms with van der Waals surface area (Å²) in [5.74, 6) is 1.24. The minimum atomic E-state index is -0.286. The minimum Gasteiger partial charge on any atom is -0.507 e. The number of amidine groups is 1. The summed E-state index contributed by atoms with van der Waals surface area (Å²) in [4.78, 5) is 15.5. The molecule has 2 N–H and O–H groups in total. The van der Waals surface area contributed by atoms with E-state index < -0.39 is 0 Å². The van der Waals surface area contributed by atoms with E-state index in [2.05, 4.69) is 60.6 Å². The summed E-state index contributed by atoms with van der Waals surface area (Å²) < 4.78 is 0. The van der Waals surface area contributed by atoms with Gasteiger partial charge in [0.1, 0.15) is 11.6 Å². The van der Waals surface area contributed by atoms with Crippen LogP contribution >= 0.6 is 17.0 Å². The number of hydrogen-bond donors (Lipinski definition) is 2. The van der Waals surface area contributed by atoms with Crippen molar-refractivity contribution in [3.05, 3.63) is 64.7 Å². The first-order valence-corrected chi connectivity index (χ1v) is 12.1. The first kappa shape index (κ1) is 28.1. The third-order valence-electron chi connectivity index (χ3n) is 6.80. The van der Waals surface area contributed by atoms with Gasteiger partial charge in [-0.05, 0) is 34.9 Å². The van der Waals surface area contributed by atoms with Crippen molar-refractivity contribution in [2.75, 3.05) is 13.1 Å². The number of phenolic OH excluding ortho intramolecular Hbond substituents is 1. The second-order valence-corrected chi connectivity index (χ2v) is 11.5. The lowest BCUT2D eigenvalue weighted by Crippen LogP contribution is -2.32. The number of halogens is 1. The summed E-state index contributed by atoms with van der Waals surface area (Å²) in [5, 5.41) is 19.8. The van der Waals surface area contributed by atoms with Gasteiger partial charge in [-0.3, -0.25) is 10.2 Å². The molecule has 0 bridgehead atoms. The van der Waals surface area contributed by atoms with Gasteiger partial charge < -0.3 is 10.0 Å².